The van der Waals surface area contributed by atoms with Gasteiger partial charge in [0.05, 0.1) is 4.90 Å². The third-order valence-electron chi connectivity index (χ3n) is 8.23. The van der Waals surface area contributed by atoms with Gasteiger partial charge in [0, 0.05) is 54.5 Å². The minimum absolute atomic E-state index is 0.0242. The number of unbranched alkanes of at least 4 members (excludes halogenated alkanes) is 1. The molecule has 2 aromatic carbocycles. The van der Waals surface area contributed by atoms with Crippen molar-refractivity contribution in [2.24, 2.45) is 0 Å². The van der Waals surface area contributed by atoms with Gasteiger partial charge in [-0.15, -0.1) is 0 Å². The van der Waals surface area contributed by atoms with Crippen molar-refractivity contribution < 1.29 is 13.7 Å². The van der Waals surface area contributed by atoms with Crippen LogP contribution in [0.4, 0.5) is 5.69 Å². The molecular weight excluding hydrogens is 482 g/mol. The van der Waals surface area contributed by atoms with Crippen LogP contribution in [0, 0.1) is 0 Å². The van der Waals surface area contributed by atoms with E-state index in [2.05, 4.69) is 42.1 Å². The molecule has 37 heavy (non-hydrogen) atoms. The number of ether oxygens (including phenoxy) is 1. The number of anilines is 1. The highest BCUT2D eigenvalue weighted by Gasteiger charge is 2.53. The molecule has 1 saturated heterocycles. The molecule has 3 aliphatic heterocycles. The number of hydrogen-bond donors (Lipinski definition) is 2. The Morgan fingerprint density at radius 2 is 1.97 bits per heavy atom. The quantitative estimate of drug-likeness (QED) is 0.513. The first-order valence-electron chi connectivity index (χ1n) is 13.5. The Bertz CT molecular complexity index is 1310. The zero-order valence-electron chi connectivity index (χ0n) is 21.6. The van der Waals surface area contributed by atoms with E-state index in [0.29, 0.717) is 23.5 Å². The zero-order chi connectivity index (χ0) is 25.6. The Balaban J connectivity index is 1.29. The molecule has 0 radical (unpaired) electrons. The van der Waals surface area contributed by atoms with Gasteiger partial charge in [-0.25, -0.2) is 4.21 Å². The van der Waals surface area contributed by atoms with Crippen LogP contribution in [0.3, 0.4) is 0 Å². The van der Waals surface area contributed by atoms with Crippen molar-refractivity contribution in [2.45, 2.75) is 62.4 Å². The maximum Gasteiger partial charge on any atom is 0.254 e. The molecule has 6 nitrogen and oxygen atoms in total. The smallest absolute Gasteiger partial charge is 0.254 e. The topological polar surface area (TPSA) is 70.7 Å². The maximum atomic E-state index is 13.8. The minimum atomic E-state index is -1.48. The highest BCUT2D eigenvalue weighted by atomic mass is 32.2. The predicted octanol–water partition coefficient (Wildman–Crippen LogP) is 5.07. The fourth-order valence-electron chi connectivity index (χ4n) is 6.05. The van der Waals surface area contributed by atoms with Gasteiger partial charge in [-0.2, -0.15) is 0 Å². The van der Waals surface area contributed by atoms with Gasteiger partial charge in [-0.05, 0) is 74.1 Å². The molecule has 5 aliphatic rings. The van der Waals surface area contributed by atoms with Crippen molar-refractivity contribution in [3.05, 3.63) is 82.1 Å². The van der Waals surface area contributed by atoms with Crippen LogP contribution < -0.4 is 10.0 Å². The average molecular weight is 518 g/mol. The van der Waals surface area contributed by atoms with E-state index in [1.165, 1.54) is 23.1 Å². The SMILES string of the molecule is CCCCc1ccc(NS(=O)c2ccc(C3CCC4(C)OC5=CC4=C53)c(C(=O)N3CCNCC3)c2)cc1. The first-order chi connectivity index (χ1) is 18.0. The van der Waals surface area contributed by atoms with Crippen molar-refractivity contribution in [1.82, 2.24) is 10.2 Å². The second-order valence-electron chi connectivity index (χ2n) is 10.7. The molecule has 0 aromatic heterocycles. The van der Waals surface area contributed by atoms with Crippen LogP contribution in [0.5, 0.6) is 0 Å². The van der Waals surface area contributed by atoms with Gasteiger partial charge in [0.1, 0.15) is 22.3 Å². The fourth-order valence-corrected chi connectivity index (χ4v) is 6.93. The molecule has 0 saturated carbocycles. The number of carbonyl (C=O) groups excluding carboxylic acids is 1. The second kappa shape index (κ2) is 9.76. The van der Waals surface area contributed by atoms with Crippen LogP contribution in [-0.2, 0) is 22.1 Å². The molecule has 1 amide bonds. The van der Waals surface area contributed by atoms with Crippen LogP contribution in [0.15, 0.2) is 70.3 Å². The van der Waals surface area contributed by atoms with E-state index >= 15 is 0 Å². The van der Waals surface area contributed by atoms with Crippen LogP contribution in [-0.4, -0.2) is 46.8 Å². The van der Waals surface area contributed by atoms with E-state index in [4.69, 9.17) is 4.74 Å². The summed E-state index contributed by atoms with van der Waals surface area (Å²) in [5.41, 5.74) is 6.14. The van der Waals surface area contributed by atoms with Crippen molar-refractivity contribution >= 4 is 22.6 Å². The normalized spacial score (nSPS) is 24.8. The lowest BCUT2D eigenvalue weighted by molar-refractivity contribution is 0.0734. The first kappa shape index (κ1) is 24.4. The Hall–Kier alpha value is -2.90. The van der Waals surface area contributed by atoms with Crippen LogP contribution >= 0.6 is 0 Å². The van der Waals surface area contributed by atoms with Gasteiger partial charge in [0.15, 0.2) is 0 Å². The molecule has 2 aliphatic carbocycles. The van der Waals surface area contributed by atoms with Crippen LogP contribution in [0.2, 0.25) is 0 Å². The molecular formula is C30H35N3O3S. The van der Waals surface area contributed by atoms with E-state index in [9.17, 15) is 9.00 Å². The molecule has 194 valence electrons. The number of aryl methyl sites for hydroxylation is 1. The summed E-state index contributed by atoms with van der Waals surface area (Å²) in [4.78, 5) is 16.3. The van der Waals surface area contributed by atoms with Gasteiger partial charge in [0.25, 0.3) is 5.91 Å². The molecule has 3 atom stereocenters. The highest BCUT2D eigenvalue weighted by molar-refractivity contribution is 7.86. The first-order valence-corrected chi connectivity index (χ1v) is 14.7. The van der Waals surface area contributed by atoms with Gasteiger partial charge >= 0.3 is 0 Å². The number of rotatable bonds is 8. The Labute approximate surface area is 221 Å². The summed E-state index contributed by atoms with van der Waals surface area (Å²) in [5, 5.41) is 3.32. The molecule has 3 heterocycles. The van der Waals surface area contributed by atoms with Gasteiger partial charge < -0.3 is 19.7 Å². The van der Waals surface area contributed by atoms with E-state index in [1.807, 2.05) is 35.2 Å². The Kier molecular flexibility index (Phi) is 6.45. The maximum absolute atomic E-state index is 13.8. The Morgan fingerprint density at radius 3 is 2.73 bits per heavy atom. The van der Waals surface area contributed by atoms with Crippen molar-refractivity contribution in [3.63, 3.8) is 0 Å². The number of nitrogens with one attached hydrogen (secondary N) is 2. The van der Waals surface area contributed by atoms with Crippen molar-refractivity contribution in [1.29, 1.82) is 0 Å². The number of nitrogens with zero attached hydrogens (tertiary/aromatic N) is 1. The lowest BCUT2D eigenvalue weighted by atomic mass is 9.69. The lowest BCUT2D eigenvalue weighted by Gasteiger charge is -2.33. The molecule has 7 heteroatoms. The second-order valence-corrected chi connectivity index (χ2v) is 11.9. The molecule has 4 bridgehead atoms. The average Bonchev–Trinajstić information content (AvgIpc) is 3.37. The number of hydrogen-bond acceptors (Lipinski definition) is 4. The standard InChI is InChI=1S/C30H35N3O3S/c1-3-4-5-20-6-8-21(9-7-20)32-37(35)22-10-11-23(25(18-22)29(34)33-16-14-31-15-17-33)24-12-13-30(2)26-19-27(36-30)28(24)26/h6-11,18-19,24,31-32H,3-5,12-17H2,1-2H3. The monoisotopic (exact) mass is 517 g/mol. The summed E-state index contributed by atoms with van der Waals surface area (Å²) < 4.78 is 22.7. The summed E-state index contributed by atoms with van der Waals surface area (Å²) in [6.45, 7) is 7.30. The molecule has 7 rings (SSSR count). The molecule has 0 spiro atoms. The van der Waals surface area contributed by atoms with E-state index in [1.54, 1.807) is 0 Å². The minimum Gasteiger partial charge on any atom is -0.483 e. The third kappa shape index (κ3) is 4.42. The van der Waals surface area contributed by atoms with Crippen LogP contribution in [0.1, 0.15) is 66.9 Å². The molecule has 2 aromatic rings. The van der Waals surface area contributed by atoms with Gasteiger partial charge in [-0.3, -0.25) is 4.79 Å². The summed E-state index contributed by atoms with van der Waals surface area (Å²) in [6.07, 6.45) is 7.41. The molecule has 3 unspecified atom stereocenters. The molecule has 1 fully saturated rings. The highest BCUT2D eigenvalue weighted by Crippen LogP contribution is 2.60. The lowest BCUT2D eigenvalue weighted by Crippen LogP contribution is -2.46. The van der Waals surface area contributed by atoms with E-state index in [-0.39, 0.29) is 17.4 Å². The summed E-state index contributed by atoms with van der Waals surface area (Å²) in [6, 6.07) is 13.9. The fraction of sp³-hybridized carbons (Fsp3) is 0.433. The summed E-state index contributed by atoms with van der Waals surface area (Å²) in [7, 11) is -1.48. The Morgan fingerprint density at radius 1 is 1.19 bits per heavy atom. The predicted molar refractivity (Wildman–Crippen MR) is 147 cm³/mol. The summed E-state index contributed by atoms with van der Waals surface area (Å²) in [5.74, 6) is 1.15. The van der Waals surface area contributed by atoms with Crippen LogP contribution in [0.25, 0.3) is 0 Å². The number of benzene rings is 2. The zero-order valence-corrected chi connectivity index (χ0v) is 22.5. The van der Waals surface area contributed by atoms with Crippen molar-refractivity contribution in [3.8, 4) is 0 Å². The third-order valence-corrected chi connectivity index (χ3v) is 9.33. The number of piperazine rings is 1. The van der Waals surface area contributed by atoms with E-state index in [0.717, 1.165) is 55.8 Å². The van der Waals surface area contributed by atoms with E-state index < -0.39 is 11.0 Å². The van der Waals surface area contributed by atoms with Gasteiger partial charge in [0.2, 0.25) is 0 Å². The molecule has 2 N–H and O–H groups in total. The van der Waals surface area contributed by atoms with Gasteiger partial charge in [-0.1, -0.05) is 31.5 Å². The largest absolute Gasteiger partial charge is 0.483 e. The summed E-state index contributed by atoms with van der Waals surface area (Å²) >= 11 is 0. The number of amides is 1. The number of allylic oxidation sites excluding steroid dienone is 1. The van der Waals surface area contributed by atoms with Crippen molar-refractivity contribution in [2.75, 3.05) is 30.9 Å². The number of carbonyl (C=O) groups is 1.